The van der Waals surface area contributed by atoms with Crippen LogP contribution in [0.25, 0.3) is 0 Å². The molecule has 3 aromatic rings. The summed E-state index contributed by atoms with van der Waals surface area (Å²) in [4.78, 5) is 26.5. The second kappa shape index (κ2) is 10.0. The zero-order valence-corrected chi connectivity index (χ0v) is 21.2. The lowest BCUT2D eigenvalue weighted by Crippen LogP contribution is -2.16. The number of carbonyl (C=O) groups excluding carboxylic acids is 2. The summed E-state index contributed by atoms with van der Waals surface area (Å²) in [6, 6.07) is 12.1. The average Bonchev–Trinajstić information content (AvgIpc) is 2.78. The third-order valence-electron chi connectivity index (χ3n) is 5.22. The molecule has 0 amide bonds. The first-order valence-electron chi connectivity index (χ1n) is 9.96. The minimum atomic E-state index is -2.75. The molecular weight excluding hydrogens is 482 g/mol. The maximum Gasteiger partial charge on any atom is 0.466 e. The first kappa shape index (κ1) is 24.9. The van der Waals surface area contributed by atoms with Crippen LogP contribution in [-0.4, -0.2) is 25.5 Å². The van der Waals surface area contributed by atoms with Gasteiger partial charge < -0.3 is 9.47 Å². The largest absolute Gasteiger partial charge is 0.491 e. The predicted octanol–water partition coefficient (Wildman–Crippen LogP) is 6.46. The Balaban J connectivity index is 2.24. The molecule has 1 unspecified atom stereocenters. The molecule has 0 fully saturated rings. The Morgan fingerprint density at radius 1 is 0.818 bits per heavy atom. The van der Waals surface area contributed by atoms with Crippen LogP contribution in [0.15, 0.2) is 42.5 Å². The van der Waals surface area contributed by atoms with Crippen molar-refractivity contribution >= 4 is 47.6 Å². The molecule has 0 N–H and O–H groups in total. The molecule has 33 heavy (non-hydrogen) atoms. The molecule has 0 radical (unpaired) electrons. The van der Waals surface area contributed by atoms with E-state index in [1.54, 1.807) is 44.2 Å². The predicted molar refractivity (Wildman–Crippen MR) is 132 cm³/mol. The first-order chi connectivity index (χ1) is 15.6. The van der Waals surface area contributed by atoms with Crippen LogP contribution in [0.4, 0.5) is 0 Å². The molecule has 8 heteroatoms. The van der Waals surface area contributed by atoms with Crippen LogP contribution in [-0.2, 0) is 4.57 Å². The second-order valence-corrected chi connectivity index (χ2v) is 9.68. The van der Waals surface area contributed by atoms with Gasteiger partial charge >= 0.3 is 13.3 Å². The van der Waals surface area contributed by atoms with Gasteiger partial charge in [0.2, 0.25) is 0 Å². The van der Waals surface area contributed by atoms with E-state index in [1.807, 2.05) is 19.1 Å². The van der Waals surface area contributed by atoms with Crippen molar-refractivity contribution in [2.75, 3.05) is 14.2 Å². The summed E-state index contributed by atoms with van der Waals surface area (Å²) in [5.74, 6) is -0.635. The average molecular weight is 504 g/mol. The van der Waals surface area contributed by atoms with Crippen molar-refractivity contribution in [1.82, 2.24) is 0 Å². The summed E-state index contributed by atoms with van der Waals surface area (Å²) in [6.07, 6.45) is 0. The van der Waals surface area contributed by atoms with E-state index in [4.69, 9.17) is 32.7 Å². The lowest BCUT2D eigenvalue weighted by atomic mass is 10.0. The molecule has 0 aliphatic heterocycles. The van der Waals surface area contributed by atoms with Gasteiger partial charge in [0.1, 0.15) is 10.0 Å². The van der Waals surface area contributed by atoms with Crippen molar-refractivity contribution in [1.29, 1.82) is 0 Å². The van der Waals surface area contributed by atoms with Crippen LogP contribution in [0.1, 0.15) is 43.0 Å². The van der Waals surface area contributed by atoms with Crippen LogP contribution in [0.5, 0.6) is 11.5 Å². The lowest BCUT2D eigenvalue weighted by Gasteiger charge is -2.15. The first-order valence-corrected chi connectivity index (χ1v) is 12.0. The zero-order valence-electron chi connectivity index (χ0n) is 18.8. The van der Waals surface area contributed by atoms with Crippen LogP contribution >= 0.6 is 31.0 Å². The molecule has 3 aromatic carbocycles. The molecule has 0 aromatic heterocycles. The number of hydrogen-bond donors (Lipinski definition) is 0. The van der Waals surface area contributed by atoms with Crippen LogP contribution in [0.3, 0.4) is 0 Å². The smallest absolute Gasteiger partial charge is 0.466 e. The molecule has 0 heterocycles. The number of hydrogen-bond acceptors (Lipinski definition) is 5. The summed E-state index contributed by atoms with van der Waals surface area (Å²) in [7, 11) is -0.125. The Kier molecular flexibility index (Phi) is 7.58. The highest BCUT2D eigenvalue weighted by molar-refractivity contribution is 7.72. The summed E-state index contributed by atoms with van der Waals surface area (Å²) in [5.41, 5.74) is 2.43. The van der Waals surface area contributed by atoms with Crippen molar-refractivity contribution in [3.63, 3.8) is 0 Å². The van der Waals surface area contributed by atoms with Crippen LogP contribution < -0.4 is 14.8 Å². The van der Waals surface area contributed by atoms with Gasteiger partial charge in [-0.15, -0.1) is 0 Å². The molecule has 0 spiro atoms. The molecular formula is C25H22Cl2O5P+. The van der Waals surface area contributed by atoms with Crippen molar-refractivity contribution < 1.29 is 23.6 Å². The molecule has 0 bridgehead atoms. The van der Waals surface area contributed by atoms with Gasteiger partial charge in [-0.25, -0.2) is 4.79 Å². The fourth-order valence-corrected chi connectivity index (χ4v) is 6.26. The van der Waals surface area contributed by atoms with E-state index in [1.165, 1.54) is 14.2 Å². The number of benzene rings is 3. The van der Waals surface area contributed by atoms with E-state index in [0.717, 1.165) is 5.56 Å². The fraction of sp³-hybridized carbons (Fsp3) is 0.200. The van der Waals surface area contributed by atoms with Gasteiger partial charge in [0.05, 0.1) is 25.3 Å². The molecule has 0 saturated heterocycles. The van der Waals surface area contributed by atoms with Crippen LogP contribution in [0.2, 0.25) is 10.0 Å². The topological polar surface area (TPSA) is 69.7 Å². The monoisotopic (exact) mass is 503 g/mol. The van der Waals surface area contributed by atoms with Gasteiger partial charge in [-0.3, -0.25) is 4.79 Å². The normalized spacial score (nSPS) is 11.2. The van der Waals surface area contributed by atoms with Gasteiger partial charge in [0.25, 0.3) is 5.30 Å². The van der Waals surface area contributed by atoms with Crippen molar-refractivity contribution in [3.8, 4) is 11.5 Å². The molecule has 1 atom stereocenters. The highest BCUT2D eigenvalue weighted by Crippen LogP contribution is 2.46. The number of halogens is 2. The standard InChI is InChI=1S/C25H22Cl2O5P/c1-13-11-14(2)17(15(3)12-13)25(29)33(30)24-22(31-4)19(26)18(20(27)23(24)32-5)21(28)16-9-7-6-8-10-16/h6-12H,1-5H3/q+1. The Morgan fingerprint density at radius 3 is 1.76 bits per heavy atom. The van der Waals surface area contributed by atoms with E-state index in [0.29, 0.717) is 22.3 Å². The Morgan fingerprint density at radius 2 is 1.30 bits per heavy atom. The maximum absolute atomic E-state index is 13.6. The van der Waals surface area contributed by atoms with E-state index >= 15 is 0 Å². The van der Waals surface area contributed by atoms with Crippen LogP contribution in [0, 0.1) is 20.8 Å². The molecule has 0 aliphatic rings. The molecule has 0 saturated carbocycles. The number of rotatable bonds is 7. The SMILES string of the molecule is COc1c(Cl)c(C(=O)c2ccccc2)c(Cl)c(OC)c1[P+](=O)C(=O)c1c(C)cc(C)cc1C. The molecule has 170 valence electrons. The number of ketones is 1. The second-order valence-electron chi connectivity index (χ2n) is 7.49. The highest BCUT2D eigenvalue weighted by Gasteiger charge is 2.44. The van der Waals surface area contributed by atoms with Crippen molar-refractivity contribution in [2.24, 2.45) is 0 Å². The maximum atomic E-state index is 13.6. The molecule has 3 rings (SSSR count). The Labute approximate surface area is 203 Å². The Bertz CT molecular complexity index is 1230. The minimum Gasteiger partial charge on any atom is -0.491 e. The zero-order chi connectivity index (χ0) is 24.4. The van der Waals surface area contributed by atoms with Gasteiger partial charge in [-0.2, -0.15) is 0 Å². The highest BCUT2D eigenvalue weighted by atomic mass is 35.5. The van der Waals surface area contributed by atoms with E-state index in [9.17, 15) is 14.2 Å². The third-order valence-corrected chi connectivity index (χ3v) is 7.34. The minimum absolute atomic E-state index is 0.0551. The Hall–Kier alpha value is -2.72. The number of aryl methyl sites for hydroxylation is 3. The molecule has 0 aliphatic carbocycles. The quantitative estimate of drug-likeness (QED) is 0.273. The summed E-state index contributed by atoms with van der Waals surface area (Å²) >= 11 is 13.1. The van der Waals surface area contributed by atoms with Gasteiger partial charge in [0.15, 0.2) is 17.3 Å². The molecule has 5 nitrogen and oxygen atoms in total. The van der Waals surface area contributed by atoms with E-state index in [-0.39, 0.29) is 32.4 Å². The number of carbonyl (C=O) groups is 2. The summed E-state index contributed by atoms with van der Waals surface area (Å²) < 4.78 is 24.4. The fourth-order valence-electron chi connectivity index (χ4n) is 3.85. The van der Waals surface area contributed by atoms with E-state index in [2.05, 4.69) is 0 Å². The number of methoxy groups -OCH3 is 2. The number of ether oxygens (including phenoxy) is 2. The lowest BCUT2D eigenvalue weighted by molar-refractivity contribution is 0.103. The summed E-state index contributed by atoms with van der Waals surface area (Å²) in [6.45, 7) is 5.49. The van der Waals surface area contributed by atoms with Gasteiger partial charge in [-0.05, 0) is 31.9 Å². The van der Waals surface area contributed by atoms with Crippen molar-refractivity contribution in [3.05, 3.63) is 85.9 Å². The summed E-state index contributed by atoms with van der Waals surface area (Å²) in [5, 5.41) is -0.361. The van der Waals surface area contributed by atoms with Gasteiger partial charge in [0, 0.05) is 5.56 Å². The third kappa shape index (κ3) is 4.54. The van der Waals surface area contributed by atoms with Crippen molar-refractivity contribution in [2.45, 2.75) is 20.8 Å². The van der Waals surface area contributed by atoms with Gasteiger partial charge in [-0.1, -0.05) is 75.8 Å². The van der Waals surface area contributed by atoms with E-state index < -0.39 is 19.1 Å².